The third-order valence-corrected chi connectivity index (χ3v) is 4.75. The van der Waals surface area contributed by atoms with Crippen molar-refractivity contribution in [1.29, 1.82) is 0 Å². The number of hydrogen-bond donors (Lipinski definition) is 2. The van der Waals surface area contributed by atoms with Gasteiger partial charge in [-0.25, -0.2) is 8.42 Å². The van der Waals surface area contributed by atoms with Gasteiger partial charge in [0.1, 0.15) is 0 Å². The number of carbonyl (C=O) groups is 1. The predicted molar refractivity (Wildman–Crippen MR) is 62.6 cm³/mol. The van der Waals surface area contributed by atoms with Crippen molar-refractivity contribution < 1.29 is 13.2 Å². The Morgan fingerprint density at radius 2 is 2.12 bits per heavy atom. The summed E-state index contributed by atoms with van der Waals surface area (Å²) in [5.41, 5.74) is 5.67. The van der Waals surface area contributed by atoms with Crippen LogP contribution in [-0.4, -0.2) is 38.4 Å². The molecule has 1 aliphatic heterocycles. The molecule has 3 N–H and O–H groups in total. The summed E-state index contributed by atoms with van der Waals surface area (Å²) in [6.07, 6.45) is 0.638. The summed E-state index contributed by atoms with van der Waals surface area (Å²) in [7, 11) is -2.86. The van der Waals surface area contributed by atoms with Crippen molar-refractivity contribution in [1.82, 2.24) is 5.32 Å². The van der Waals surface area contributed by atoms with Gasteiger partial charge in [-0.2, -0.15) is 0 Å². The summed E-state index contributed by atoms with van der Waals surface area (Å²) in [4.78, 5) is 11.5. The molecule has 1 fully saturated rings. The number of nitrogens with one attached hydrogen (secondary N) is 1. The number of amides is 1. The highest BCUT2D eigenvalue weighted by molar-refractivity contribution is 7.91. The first-order valence-electron chi connectivity index (χ1n) is 5.55. The summed E-state index contributed by atoms with van der Waals surface area (Å²) in [5, 5.41) is 2.72. The zero-order valence-corrected chi connectivity index (χ0v) is 10.6. The van der Waals surface area contributed by atoms with Crippen LogP contribution in [0, 0.1) is 11.8 Å². The van der Waals surface area contributed by atoms with Gasteiger partial charge in [-0.3, -0.25) is 4.79 Å². The third kappa shape index (κ3) is 3.75. The molecular weight excluding hydrogens is 228 g/mol. The van der Waals surface area contributed by atoms with Crippen molar-refractivity contribution in [3.63, 3.8) is 0 Å². The summed E-state index contributed by atoms with van der Waals surface area (Å²) in [5.74, 6) is 0.369. The fourth-order valence-corrected chi connectivity index (χ4v) is 3.56. The van der Waals surface area contributed by atoms with Crippen LogP contribution in [0.2, 0.25) is 0 Å². The highest BCUT2D eigenvalue weighted by Crippen LogP contribution is 2.17. The lowest BCUT2D eigenvalue weighted by Crippen LogP contribution is -2.45. The second-order valence-electron chi connectivity index (χ2n) is 4.78. The predicted octanol–water partition coefficient (Wildman–Crippen LogP) is -0.479. The molecule has 2 atom stereocenters. The molecule has 0 spiro atoms. The second-order valence-corrected chi connectivity index (χ2v) is 7.01. The van der Waals surface area contributed by atoms with Crippen LogP contribution in [0.25, 0.3) is 0 Å². The Labute approximate surface area is 96.7 Å². The van der Waals surface area contributed by atoms with Crippen LogP contribution in [0.3, 0.4) is 0 Å². The molecule has 16 heavy (non-hydrogen) atoms. The van der Waals surface area contributed by atoms with Gasteiger partial charge < -0.3 is 11.1 Å². The van der Waals surface area contributed by atoms with Gasteiger partial charge in [0.15, 0.2) is 9.84 Å². The Kier molecular flexibility index (Phi) is 4.32. The van der Waals surface area contributed by atoms with Gasteiger partial charge in [0.25, 0.3) is 0 Å². The lowest BCUT2D eigenvalue weighted by atomic mass is 10.0. The Balaban J connectivity index is 2.34. The molecule has 94 valence electrons. The molecule has 2 unspecified atom stereocenters. The van der Waals surface area contributed by atoms with Gasteiger partial charge in [0.05, 0.1) is 17.5 Å². The molecule has 1 heterocycles. The highest BCUT2D eigenvalue weighted by atomic mass is 32.2. The standard InChI is InChI=1S/C10H20N2O3S/c1-7(2)9(11)10(13)12-5-8-3-4-16(14,15)6-8/h7-9H,3-6,11H2,1-2H3,(H,12,13). The molecule has 0 aliphatic carbocycles. The molecular formula is C10H20N2O3S. The van der Waals surface area contributed by atoms with Gasteiger partial charge >= 0.3 is 0 Å². The van der Waals surface area contributed by atoms with E-state index in [1.807, 2.05) is 13.8 Å². The van der Waals surface area contributed by atoms with E-state index in [0.29, 0.717) is 13.0 Å². The van der Waals surface area contributed by atoms with Crippen LogP contribution < -0.4 is 11.1 Å². The quantitative estimate of drug-likeness (QED) is 0.703. The smallest absolute Gasteiger partial charge is 0.237 e. The molecule has 0 saturated carbocycles. The summed E-state index contributed by atoms with van der Waals surface area (Å²) in [6, 6.07) is -0.516. The van der Waals surface area contributed by atoms with E-state index in [-0.39, 0.29) is 29.2 Å². The van der Waals surface area contributed by atoms with E-state index in [0.717, 1.165) is 0 Å². The molecule has 1 amide bonds. The average molecular weight is 248 g/mol. The van der Waals surface area contributed by atoms with E-state index >= 15 is 0 Å². The number of rotatable bonds is 4. The third-order valence-electron chi connectivity index (χ3n) is 2.91. The maximum absolute atomic E-state index is 11.5. The molecule has 1 rings (SSSR count). The molecule has 5 nitrogen and oxygen atoms in total. The first kappa shape index (κ1) is 13.4. The number of nitrogens with two attached hydrogens (primary N) is 1. The Hall–Kier alpha value is -0.620. The molecule has 0 aromatic heterocycles. The highest BCUT2D eigenvalue weighted by Gasteiger charge is 2.28. The zero-order valence-electron chi connectivity index (χ0n) is 9.77. The van der Waals surface area contributed by atoms with Gasteiger partial charge in [0, 0.05) is 6.54 Å². The van der Waals surface area contributed by atoms with Crippen LogP contribution in [0.1, 0.15) is 20.3 Å². The van der Waals surface area contributed by atoms with E-state index < -0.39 is 15.9 Å². The molecule has 6 heteroatoms. The lowest BCUT2D eigenvalue weighted by Gasteiger charge is -2.16. The fraction of sp³-hybridized carbons (Fsp3) is 0.900. The minimum Gasteiger partial charge on any atom is -0.354 e. The first-order chi connectivity index (χ1) is 7.32. The Bertz CT molecular complexity index is 351. The monoisotopic (exact) mass is 248 g/mol. The Morgan fingerprint density at radius 3 is 2.56 bits per heavy atom. The first-order valence-corrected chi connectivity index (χ1v) is 7.37. The normalized spacial score (nSPS) is 25.6. The largest absolute Gasteiger partial charge is 0.354 e. The lowest BCUT2D eigenvalue weighted by molar-refractivity contribution is -0.123. The van der Waals surface area contributed by atoms with Crippen molar-refractivity contribution in [2.75, 3.05) is 18.1 Å². The van der Waals surface area contributed by atoms with Crippen LogP contribution in [0.5, 0.6) is 0 Å². The van der Waals surface area contributed by atoms with Crippen molar-refractivity contribution in [3.05, 3.63) is 0 Å². The van der Waals surface area contributed by atoms with E-state index in [2.05, 4.69) is 5.32 Å². The second kappa shape index (κ2) is 5.14. The number of hydrogen-bond acceptors (Lipinski definition) is 4. The molecule has 0 radical (unpaired) electrons. The van der Waals surface area contributed by atoms with E-state index in [1.165, 1.54) is 0 Å². The number of sulfone groups is 1. The van der Waals surface area contributed by atoms with Crippen molar-refractivity contribution >= 4 is 15.7 Å². The summed E-state index contributed by atoms with van der Waals surface area (Å²) in [6.45, 7) is 4.17. The topological polar surface area (TPSA) is 89.3 Å². The summed E-state index contributed by atoms with van der Waals surface area (Å²) < 4.78 is 22.4. The molecule has 0 bridgehead atoms. The minimum atomic E-state index is -2.86. The fourth-order valence-electron chi connectivity index (χ4n) is 1.70. The average Bonchev–Trinajstić information content (AvgIpc) is 2.53. The molecule has 1 aliphatic rings. The number of carbonyl (C=O) groups excluding carboxylic acids is 1. The summed E-state index contributed by atoms with van der Waals surface area (Å²) >= 11 is 0. The minimum absolute atomic E-state index is 0.0494. The maximum atomic E-state index is 11.5. The van der Waals surface area contributed by atoms with Crippen LogP contribution >= 0.6 is 0 Å². The van der Waals surface area contributed by atoms with Crippen molar-refractivity contribution in [2.45, 2.75) is 26.3 Å². The van der Waals surface area contributed by atoms with Crippen LogP contribution in [-0.2, 0) is 14.6 Å². The molecule has 0 aromatic carbocycles. The Morgan fingerprint density at radius 1 is 1.50 bits per heavy atom. The maximum Gasteiger partial charge on any atom is 0.237 e. The van der Waals surface area contributed by atoms with Gasteiger partial charge in [0.2, 0.25) is 5.91 Å². The van der Waals surface area contributed by atoms with Gasteiger partial charge in [-0.15, -0.1) is 0 Å². The molecule has 1 saturated heterocycles. The van der Waals surface area contributed by atoms with E-state index in [4.69, 9.17) is 5.73 Å². The molecule has 0 aromatic rings. The van der Waals surface area contributed by atoms with Crippen molar-refractivity contribution in [3.8, 4) is 0 Å². The van der Waals surface area contributed by atoms with Crippen molar-refractivity contribution in [2.24, 2.45) is 17.6 Å². The van der Waals surface area contributed by atoms with E-state index in [1.54, 1.807) is 0 Å². The van der Waals surface area contributed by atoms with E-state index in [9.17, 15) is 13.2 Å². The zero-order chi connectivity index (χ0) is 12.3. The van der Waals surface area contributed by atoms with Gasteiger partial charge in [-0.05, 0) is 18.3 Å². The van der Waals surface area contributed by atoms with Crippen LogP contribution in [0.15, 0.2) is 0 Å². The van der Waals surface area contributed by atoms with Crippen LogP contribution in [0.4, 0.5) is 0 Å². The SMILES string of the molecule is CC(C)C(N)C(=O)NCC1CCS(=O)(=O)C1. The van der Waals surface area contributed by atoms with Gasteiger partial charge in [-0.1, -0.05) is 13.8 Å².